The van der Waals surface area contributed by atoms with Crippen LogP contribution in [0.25, 0.3) is 0 Å². The fraction of sp³-hybridized carbons (Fsp3) is 0.500. The van der Waals surface area contributed by atoms with Gasteiger partial charge in [-0.25, -0.2) is 0 Å². The summed E-state index contributed by atoms with van der Waals surface area (Å²) in [6.07, 6.45) is 0.931. The maximum absolute atomic E-state index is 5.34. The molecular weight excluding hydrogens is 142 g/mol. The first-order valence-corrected chi connectivity index (χ1v) is 4.30. The molecule has 0 aromatic heterocycles. The number of hydrogen-bond donors (Lipinski definition) is 1. The zero-order valence-electron chi connectivity index (χ0n) is 6.52. The van der Waals surface area contributed by atoms with Crippen molar-refractivity contribution in [2.45, 2.75) is 13.3 Å². The third kappa shape index (κ3) is 5.92. The lowest BCUT2D eigenvalue weighted by atomic mass is 10.2. The molecule has 0 rings (SSSR count). The van der Waals surface area contributed by atoms with Gasteiger partial charge in [0.25, 0.3) is 0 Å². The van der Waals surface area contributed by atoms with E-state index in [1.54, 1.807) is 11.8 Å². The molecule has 0 aliphatic heterocycles. The van der Waals surface area contributed by atoms with Crippen LogP contribution in [-0.4, -0.2) is 12.3 Å². The van der Waals surface area contributed by atoms with Gasteiger partial charge in [0, 0.05) is 5.75 Å². The molecule has 0 spiro atoms. The highest BCUT2D eigenvalue weighted by Gasteiger charge is 1.92. The van der Waals surface area contributed by atoms with Gasteiger partial charge in [-0.3, -0.25) is 0 Å². The van der Waals surface area contributed by atoms with E-state index >= 15 is 0 Å². The molecule has 0 atom stereocenters. The quantitative estimate of drug-likeness (QED) is 0.619. The van der Waals surface area contributed by atoms with Crippen molar-refractivity contribution in [3.8, 4) is 0 Å². The van der Waals surface area contributed by atoms with Crippen LogP contribution in [0.15, 0.2) is 23.6 Å². The van der Waals surface area contributed by atoms with E-state index in [1.807, 2.05) is 6.92 Å². The van der Waals surface area contributed by atoms with E-state index in [4.69, 9.17) is 5.73 Å². The zero-order chi connectivity index (χ0) is 7.98. The Kier molecular flexibility index (Phi) is 5.45. The third-order valence-electron chi connectivity index (χ3n) is 1.02. The van der Waals surface area contributed by atoms with Gasteiger partial charge in [-0.15, -0.1) is 11.8 Å². The monoisotopic (exact) mass is 157 g/mol. The van der Waals surface area contributed by atoms with Crippen LogP contribution in [-0.2, 0) is 0 Å². The average Bonchev–Trinajstić information content (AvgIpc) is 1.85. The van der Waals surface area contributed by atoms with E-state index in [2.05, 4.69) is 13.2 Å². The molecule has 0 aliphatic rings. The van der Waals surface area contributed by atoms with Crippen molar-refractivity contribution in [2.24, 2.45) is 5.73 Å². The lowest BCUT2D eigenvalue weighted by Crippen LogP contribution is -2.00. The lowest BCUT2D eigenvalue weighted by molar-refractivity contribution is 0.959. The van der Waals surface area contributed by atoms with Crippen molar-refractivity contribution < 1.29 is 0 Å². The number of nitrogens with two attached hydrogens (primary N) is 1. The number of rotatable bonds is 5. The van der Waals surface area contributed by atoms with E-state index in [-0.39, 0.29) is 0 Å². The molecule has 0 heterocycles. The molecule has 0 amide bonds. The fourth-order valence-electron chi connectivity index (χ4n) is 0.502. The van der Waals surface area contributed by atoms with E-state index in [9.17, 15) is 0 Å². The first-order chi connectivity index (χ1) is 4.66. The van der Waals surface area contributed by atoms with Crippen LogP contribution in [0.4, 0.5) is 0 Å². The molecular formula is C8H15NS. The Hall–Kier alpha value is -0.210. The van der Waals surface area contributed by atoms with Crippen molar-refractivity contribution in [3.63, 3.8) is 0 Å². The maximum Gasteiger partial charge on any atom is 0.0185 e. The molecule has 2 N–H and O–H groups in total. The van der Waals surface area contributed by atoms with Gasteiger partial charge in [0.05, 0.1) is 0 Å². The van der Waals surface area contributed by atoms with Crippen LogP contribution in [0.1, 0.15) is 13.3 Å². The van der Waals surface area contributed by atoms with Crippen LogP contribution >= 0.6 is 11.8 Å². The Morgan fingerprint density at radius 3 is 2.50 bits per heavy atom. The Morgan fingerprint density at radius 2 is 2.10 bits per heavy atom. The molecule has 2 heteroatoms. The molecule has 0 bridgehead atoms. The Morgan fingerprint density at radius 1 is 1.50 bits per heavy atom. The molecule has 10 heavy (non-hydrogen) atoms. The van der Waals surface area contributed by atoms with Crippen molar-refractivity contribution in [2.75, 3.05) is 12.3 Å². The third-order valence-corrected chi connectivity index (χ3v) is 2.07. The highest BCUT2D eigenvalue weighted by molar-refractivity contribution is 8.03. The summed E-state index contributed by atoms with van der Waals surface area (Å²) in [5, 5.41) is 0. The summed E-state index contributed by atoms with van der Waals surface area (Å²) in [7, 11) is 0. The van der Waals surface area contributed by atoms with Gasteiger partial charge in [0.15, 0.2) is 0 Å². The van der Waals surface area contributed by atoms with Gasteiger partial charge in [-0.05, 0) is 24.8 Å². The number of hydrogen-bond acceptors (Lipinski definition) is 2. The maximum atomic E-state index is 5.34. The van der Waals surface area contributed by atoms with Crippen molar-refractivity contribution in [1.82, 2.24) is 0 Å². The minimum atomic E-state index is 0.704. The van der Waals surface area contributed by atoms with Gasteiger partial charge in [0.2, 0.25) is 0 Å². The minimum Gasteiger partial charge on any atom is -0.330 e. The van der Waals surface area contributed by atoms with Crippen LogP contribution < -0.4 is 5.73 Å². The smallest absolute Gasteiger partial charge is 0.0185 e. The summed E-state index contributed by atoms with van der Waals surface area (Å²) in [4.78, 5) is 1.14. The second-order valence-corrected chi connectivity index (χ2v) is 3.55. The summed E-state index contributed by atoms with van der Waals surface area (Å²) < 4.78 is 0. The van der Waals surface area contributed by atoms with Crippen LogP contribution in [0, 0.1) is 0 Å². The van der Waals surface area contributed by atoms with Gasteiger partial charge < -0.3 is 5.73 Å². The predicted molar refractivity (Wildman–Crippen MR) is 50.1 cm³/mol. The second-order valence-electron chi connectivity index (χ2n) is 2.28. The summed E-state index contributed by atoms with van der Waals surface area (Å²) in [6, 6.07) is 0. The summed E-state index contributed by atoms with van der Waals surface area (Å²) in [5.41, 5.74) is 6.55. The molecule has 0 fully saturated rings. The topological polar surface area (TPSA) is 26.0 Å². The first kappa shape index (κ1) is 9.79. The standard InChI is InChI=1S/C8H15NS/c1-7(2)10-6-8(3)4-5-9/h1,3-6,9H2,2H3. The molecule has 1 nitrogen and oxygen atoms in total. The average molecular weight is 157 g/mol. The van der Waals surface area contributed by atoms with Gasteiger partial charge in [0.1, 0.15) is 0 Å². The normalized spacial score (nSPS) is 9.40. The minimum absolute atomic E-state index is 0.704. The van der Waals surface area contributed by atoms with Crippen LogP contribution in [0.2, 0.25) is 0 Å². The lowest BCUT2D eigenvalue weighted by Gasteiger charge is -2.01. The second kappa shape index (κ2) is 5.57. The van der Waals surface area contributed by atoms with Crippen LogP contribution in [0.3, 0.4) is 0 Å². The molecule has 0 aromatic rings. The van der Waals surface area contributed by atoms with Gasteiger partial charge in [-0.1, -0.05) is 18.7 Å². The Balaban J connectivity index is 3.30. The van der Waals surface area contributed by atoms with E-state index in [0.29, 0.717) is 6.54 Å². The van der Waals surface area contributed by atoms with E-state index in [0.717, 1.165) is 17.1 Å². The molecule has 0 saturated heterocycles. The van der Waals surface area contributed by atoms with E-state index in [1.165, 1.54) is 5.57 Å². The molecule has 0 saturated carbocycles. The summed E-state index contributed by atoms with van der Waals surface area (Å²) >= 11 is 1.73. The first-order valence-electron chi connectivity index (χ1n) is 3.32. The summed E-state index contributed by atoms with van der Waals surface area (Å²) in [5.74, 6) is 0.965. The Bertz CT molecular complexity index is 129. The molecule has 0 aromatic carbocycles. The van der Waals surface area contributed by atoms with Gasteiger partial charge in [-0.2, -0.15) is 0 Å². The summed E-state index contributed by atoms with van der Waals surface area (Å²) in [6.45, 7) is 10.4. The number of thioether (sulfide) groups is 1. The number of allylic oxidation sites excluding steroid dienone is 1. The highest BCUT2D eigenvalue weighted by atomic mass is 32.2. The van der Waals surface area contributed by atoms with Crippen molar-refractivity contribution in [1.29, 1.82) is 0 Å². The molecule has 0 unspecified atom stereocenters. The highest BCUT2D eigenvalue weighted by Crippen LogP contribution is 2.15. The van der Waals surface area contributed by atoms with Crippen molar-refractivity contribution >= 4 is 11.8 Å². The van der Waals surface area contributed by atoms with Crippen molar-refractivity contribution in [3.05, 3.63) is 23.6 Å². The Labute approximate surface area is 67.4 Å². The SMILES string of the molecule is C=C(CCN)CSC(=C)C. The van der Waals surface area contributed by atoms with Gasteiger partial charge >= 0.3 is 0 Å². The van der Waals surface area contributed by atoms with Crippen LogP contribution in [0.5, 0.6) is 0 Å². The largest absolute Gasteiger partial charge is 0.330 e. The zero-order valence-corrected chi connectivity index (χ0v) is 7.34. The molecule has 58 valence electrons. The molecule has 0 aliphatic carbocycles. The predicted octanol–water partition coefficient (Wildman–Crippen LogP) is 2.16. The molecule has 0 radical (unpaired) electrons. The fourth-order valence-corrected chi connectivity index (χ4v) is 1.10. The van der Waals surface area contributed by atoms with E-state index < -0.39 is 0 Å².